The van der Waals surface area contributed by atoms with Gasteiger partial charge in [-0.05, 0) is 49.4 Å². The Bertz CT molecular complexity index is 1160. The predicted molar refractivity (Wildman–Crippen MR) is 119 cm³/mol. The number of pyridine rings is 1. The summed E-state index contributed by atoms with van der Waals surface area (Å²) in [7, 11) is 3.10. The van der Waals surface area contributed by atoms with Gasteiger partial charge in [0, 0.05) is 18.0 Å². The molecule has 0 radical (unpaired) electrons. The van der Waals surface area contributed by atoms with Crippen LogP contribution in [-0.2, 0) is 4.74 Å². The minimum atomic E-state index is -0.628. The summed E-state index contributed by atoms with van der Waals surface area (Å²) in [5, 5.41) is 3.34. The number of carbonyl (C=O) groups excluding carboxylic acids is 2. The molecular weight excluding hydrogens is 410 g/mol. The SMILES string of the molecule is CCOC(=O)c1cccc(N[C@H]2c3ncccc3C(=O)N2c2cc(OC)ccc2OC)c1. The van der Waals surface area contributed by atoms with Gasteiger partial charge in [0.15, 0.2) is 6.17 Å². The maximum absolute atomic E-state index is 13.4. The lowest BCUT2D eigenvalue weighted by molar-refractivity contribution is 0.0526. The van der Waals surface area contributed by atoms with E-state index < -0.39 is 12.1 Å². The molecule has 1 aromatic heterocycles. The highest BCUT2D eigenvalue weighted by Crippen LogP contribution is 2.42. The third-order valence-corrected chi connectivity index (χ3v) is 5.13. The predicted octanol–water partition coefficient (Wildman–Crippen LogP) is 4.05. The van der Waals surface area contributed by atoms with Crippen molar-refractivity contribution in [1.82, 2.24) is 4.98 Å². The summed E-state index contributed by atoms with van der Waals surface area (Å²) in [5.74, 6) is 0.460. The van der Waals surface area contributed by atoms with Crippen LogP contribution in [0.2, 0.25) is 0 Å². The van der Waals surface area contributed by atoms with Crippen LogP contribution >= 0.6 is 0 Å². The highest BCUT2D eigenvalue weighted by Gasteiger charge is 2.40. The molecular formula is C24H23N3O5. The topological polar surface area (TPSA) is 90.0 Å². The van der Waals surface area contributed by atoms with Crippen LogP contribution in [0.3, 0.4) is 0 Å². The van der Waals surface area contributed by atoms with E-state index >= 15 is 0 Å². The van der Waals surface area contributed by atoms with Crippen molar-refractivity contribution in [2.24, 2.45) is 0 Å². The number of carbonyl (C=O) groups is 2. The van der Waals surface area contributed by atoms with E-state index in [2.05, 4.69) is 10.3 Å². The molecule has 1 N–H and O–H groups in total. The molecule has 0 unspecified atom stereocenters. The van der Waals surface area contributed by atoms with E-state index in [4.69, 9.17) is 14.2 Å². The van der Waals surface area contributed by atoms with E-state index in [1.165, 1.54) is 0 Å². The minimum absolute atomic E-state index is 0.223. The van der Waals surface area contributed by atoms with E-state index in [1.807, 2.05) is 6.07 Å². The molecule has 2 heterocycles. The van der Waals surface area contributed by atoms with Gasteiger partial charge in [0.05, 0.1) is 43.3 Å². The van der Waals surface area contributed by atoms with Gasteiger partial charge in [-0.25, -0.2) is 4.79 Å². The van der Waals surface area contributed by atoms with Gasteiger partial charge >= 0.3 is 5.97 Å². The van der Waals surface area contributed by atoms with Crippen LogP contribution in [0.4, 0.5) is 11.4 Å². The summed E-state index contributed by atoms with van der Waals surface area (Å²) in [6, 6.07) is 15.6. The zero-order chi connectivity index (χ0) is 22.7. The standard InChI is InChI=1S/C24H23N3O5/c1-4-32-24(29)15-7-5-8-16(13-15)26-22-21-18(9-6-12-25-21)23(28)27(22)19-14-17(30-2)10-11-20(19)31-3/h5-14,22,26H,4H2,1-3H3/t22-/m1/s1. The number of methoxy groups -OCH3 is 2. The van der Waals surface area contributed by atoms with Crippen molar-refractivity contribution in [3.8, 4) is 11.5 Å². The van der Waals surface area contributed by atoms with Crippen LogP contribution in [0.15, 0.2) is 60.8 Å². The Balaban J connectivity index is 1.78. The van der Waals surface area contributed by atoms with E-state index in [-0.39, 0.29) is 12.5 Å². The molecule has 4 rings (SSSR count). The minimum Gasteiger partial charge on any atom is -0.497 e. The second-order valence-corrected chi connectivity index (χ2v) is 7.00. The van der Waals surface area contributed by atoms with E-state index in [0.29, 0.717) is 39.7 Å². The molecule has 3 aromatic rings. The molecule has 1 amide bonds. The molecule has 2 aromatic carbocycles. The number of aromatic nitrogens is 1. The first-order chi connectivity index (χ1) is 15.6. The largest absolute Gasteiger partial charge is 0.497 e. The van der Waals surface area contributed by atoms with Gasteiger partial charge in [-0.3, -0.25) is 14.7 Å². The molecule has 1 aliphatic heterocycles. The number of nitrogens with zero attached hydrogens (tertiary/aromatic N) is 2. The number of hydrogen-bond donors (Lipinski definition) is 1. The Labute approximate surface area is 185 Å². The fraction of sp³-hybridized carbons (Fsp3) is 0.208. The Kier molecular flexibility index (Phi) is 5.93. The van der Waals surface area contributed by atoms with Crippen molar-refractivity contribution in [2.75, 3.05) is 31.0 Å². The normalized spacial score (nSPS) is 14.7. The number of fused-ring (bicyclic) bond motifs is 1. The number of anilines is 2. The lowest BCUT2D eigenvalue weighted by Crippen LogP contribution is -2.32. The molecule has 0 saturated carbocycles. The molecule has 0 spiro atoms. The Morgan fingerprint density at radius 1 is 1.09 bits per heavy atom. The summed E-state index contributed by atoms with van der Waals surface area (Å²) < 4.78 is 16.0. The van der Waals surface area contributed by atoms with Crippen molar-refractivity contribution in [1.29, 1.82) is 0 Å². The average molecular weight is 433 g/mol. The van der Waals surface area contributed by atoms with Gasteiger partial charge in [0.25, 0.3) is 5.91 Å². The van der Waals surface area contributed by atoms with Gasteiger partial charge in [0.2, 0.25) is 0 Å². The second kappa shape index (κ2) is 8.97. The summed E-state index contributed by atoms with van der Waals surface area (Å²) in [6.07, 6.45) is 1.01. The van der Waals surface area contributed by atoms with Crippen LogP contribution in [0, 0.1) is 0 Å². The van der Waals surface area contributed by atoms with Gasteiger partial charge in [-0.2, -0.15) is 0 Å². The number of esters is 1. The molecule has 8 heteroatoms. The number of benzene rings is 2. The summed E-state index contributed by atoms with van der Waals surface area (Å²) in [6.45, 7) is 2.04. The smallest absolute Gasteiger partial charge is 0.338 e. The summed E-state index contributed by atoms with van der Waals surface area (Å²) >= 11 is 0. The van der Waals surface area contributed by atoms with E-state index in [1.54, 1.807) is 80.8 Å². The van der Waals surface area contributed by atoms with E-state index in [0.717, 1.165) is 0 Å². The molecule has 0 fully saturated rings. The van der Waals surface area contributed by atoms with Crippen LogP contribution in [0.1, 0.15) is 39.5 Å². The Morgan fingerprint density at radius 2 is 1.94 bits per heavy atom. The van der Waals surface area contributed by atoms with Crippen LogP contribution in [-0.4, -0.2) is 37.7 Å². The van der Waals surface area contributed by atoms with Crippen molar-refractivity contribution in [3.05, 3.63) is 77.6 Å². The number of hydrogen-bond acceptors (Lipinski definition) is 7. The van der Waals surface area contributed by atoms with Crippen LogP contribution in [0.5, 0.6) is 11.5 Å². The third-order valence-electron chi connectivity index (χ3n) is 5.13. The van der Waals surface area contributed by atoms with Gasteiger partial charge in [0.1, 0.15) is 11.5 Å². The molecule has 0 bridgehead atoms. The first kappa shape index (κ1) is 21.2. The Hall–Kier alpha value is -4.07. The van der Waals surface area contributed by atoms with Crippen LogP contribution < -0.4 is 19.7 Å². The molecule has 164 valence electrons. The molecule has 32 heavy (non-hydrogen) atoms. The third kappa shape index (κ3) is 3.82. The first-order valence-electron chi connectivity index (χ1n) is 10.1. The van der Waals surface area contributed by atoms with Crippen LogP contribution in [0.25, 0.3) is 0 Å². The zero-order valence-electron chi connectivity index (χ0n) is 18.0. The first-order valence-corrected chi connectivity index (χ1v) is 10.1. The number of amides is 1. The molecule has 0 aliphatic carbocycles. The van der Waals surface area contributed by atoms with Gasteiger partial charge in [-0.15, -0.1) is 0 Å². The lowest BCUT2D eigenvalue weighted by Gasteiger charge is -2.28. The average Bonchev–Trinajstić information content (AvgIpc) is 3.10. The molecule has 1 atom stereocenters. The Morgan fingerprint density at radius 3 is 2.69 bits per heavy atom. The van der Waals surface area contributed by atoms with Crippen molar-refractivity contribution < 1.29 is 23.8 Å². The molecule has 8 nitrogen and oxygen atoms in total. The summed E-state index contributed by atoms with van der Waals surface area (Å²) in [4.78, 5) is 31.6. The fourth-order valence-electron chi connectivity index (χ4n) is 3.66. The van der Waals surface area contributed by atoms with Gasteiger partial charge < -0.3 is 19.5 Å². The quantitative estimate of drug-likeness (QED) is 0.562. The van der Waals surface area contributed by atoms with Crippen molar-refractivity contribution in [3.63, 3.8) is 0 Å². The van der Waals surface area contributed by atoms with E-state index in [9.17, 15) is 9.59 Å². The fourth-order valence-corrected chi connectivity index (χ4v) is 3.66. The summed E-state index contributed by atoms with van der Waals surface area (Å²) in [5.41, 5.74) is 2.64. The highest BCUT2D eigenvalue weighted by molar-refractivity contribution is 6.11. The monoisotopic (exact) mass is 433 g/mol. The number of nitrogens with one attached hydrogen (secondary N) is 1. The zero-order valence-corrected chi connectivity index (χ0v) is 18.0. The lowest BCUT2D eigenvalue weighted by atomic mass is 10.1. The number of rotatable bonds is 7. The van der Waals surface area contributed by atoms with Crippen molar-refractivity contribution in [2.45, 2.75) is 13.1 Å². The van der Waals surface area contributed by atoms with Gasteiger partial charge in [-0.1, -0.05) is 6.07 Å². The maximum Gasteiger partial charge on any atom is 0.338 e. The molecule has 1 aliphatic rings. The molecule has 0 saturated heterocycles. The van der Waals surface area contributed by atoms with Crippen molar-refractivity contribution >= 4 is 23.3 Å². The second-order valence-electron chi connectivity index (χ2n) is 7.00. The maximum atomic E-state index is 13.4. The highest BCUT2D eigenvalue weighted by atomic mass is 16.5. The number of ether oxygens (including phenoxy) is 3.